The minimum Gasteiger partial charge on any atom is -0.497 e. The molecule has 0 aromatic heterocycles. The van der Waals surface area contributed by atoms with Crippen LogP contribution in [0.2, 0.25) is 5.02 Å². The van der Waals surface area contributed by atoms with Crippen LogP contribution in [-0.2, 0) is 0 Å². The Hall–Kier alpha value is -1.03. The van der Waals surface area contributed by atoms with E-state index in [1.54, 1.807) is 13.2 Å². The van der Waals surface area contributed by atoms with Gasteiger partial charge in [0.25, 0.3) is 0 Å². The maximum absolute atomic E-state index is 6.22. The molecule has 0 aliphatic carbocycles. The monoisotopic (exact) mass is 325 g/mol. The number of halogens is 2. The summed E-state index contributed by atoms with van der Waals surface area (Å²) in [4.78, 5) is 0. The molecule has 2 aromatic carbocycles. The Morgan fingerprint density at radius 2 is 1.83 bits per heavy atom. The topological polar surface area (TPSA) is 35.2 Å². The van der Waals surface area contributed by atoms with Crippen LogP contribution in [0.15, 0.2) is 46.9 Å². The van der Waals surface area contributed by atoms with E-state index in [1.165, 1.54) is 0 Å². The molecule has 2 rings (SSSR count). The summed E-state index contributed by atoms with van der Waals surface area (Å²) in [6, 6.07) is 13.2. The van der Waals surface area contributed by atoms with Crippen molar-refractivity contribution in [1.29, 1.82) is 0 Å². The third kappa shape index (κ3) is 2.86. The molecule has 2 aromatic rings. The third-order valence-corrected chi connectivity index (χ3v) is 3.63. The first-order chi connectivity index (χ1) is 8.61. The molecule has 0 fully saturated rings. The molecule has 2 nitrogen and oxygen atoms in total. The van der Waals surface area contributed by atoms with Crippen LogP contribution in [0.3, 0.4) is 0 Å². The van der Waals surface area contributed by atoms with Crippen LogP contribution in [0.4, 0.5) is 0 Å². The first-order valence-electron chi connectivity index (χ1n) is 5.46. The zero-order valence-corrected chi connectivity index (χ0v) is 12.2. The van der Waals surface area contributed by atoms with Crippen molar-refractivity contribution in [1.82, 2.24) is 0 Å². The average molecular weight is 327 g/mol. The van der Waals surface area contributed by atoms with Gasteiger partial charge in [0, 0.05) is 9.50 Å². The highest BCUT2D eigenvalue weighted by Crippen LogP contribution is 2.30. The molecule has 18 heavy (non-hydrogen) atoms. The predicted molar refractivity (Wildman–Crippen MR) is 78.2 cm³/mol. The van der Waals surface area contributed by atoms with Crippen molar-refractivity contribution in [2.45, 2.75) is 6.04 Å². The highest BCUT2D eigenvalue weighted by molar-refractivity contribution is 9.10. The molecule has 4 heteroatoms. The van der Waals surface area contributed by atoms with Crippen molar-refractivity contribution in [3.63, 3.8) is 0 Å². The van der Waals surface area contributed by atoms with Crippen LogP contribution < -0.4 is 10.5 Å². The summed E-state index contributed by atoms with van der Waals surface area (Å²) < 4.78 is 6.15. The SMILES string of the molecule is COc1ccc(C(N)c2ccc(Br)cc2)c(Cl)c1. The fourth-order valence-electron chi connectivity index (χ4n) is 1.74. The lowest BCUT2D eigenvalue weighted by Crippen LogP contribution is -2.12. The van der Waals surface area contributed by atoms with Crippen LogP contribution in [0, 0.1) is 0 Å². The lowest BCUT2D eigenvalue weighted by molar-refractivity contribution is 0.414. The van der Waals surface area contributed by atoms with Gasteiger partial charge in [-0.15, -0.1) is 0 Å². The molecule has 0 saturated carbocycles. The lowest BCUT2D eigenvalue weighted by atomic mass is 9.99. The lowest BCUT2D eigenvalue weighted by Gasteiger charge is -2.15. The predicted octanol–water partition coefficient (Wildman–Crippen LogP) is 4.16. The number of rotatable bonds is 3. The number of hydrogen-bond acceptors (Lipinski definition) is 2. The summed E-state index contributed by atoms with van der Waals surface area (Å²) >= 11 is 9.62. The molecule has 0 bridgehead atoms. The van der Waals surface area contributed by atoms with Gasteiger partial charge in [-0.1, -0.05) is 45.7 Å². The van der Waals surface area contributed by atoms with Gasteiger partial charge < -0.3 is 10.5 Å². The van der Waals surface area contributed by atoms with E-state index in [2.05, 4.69) is 15.9 Å². The normalized spacial score (nSPS) is 12.2. The van der Waals surface area contributed by atoms with E-state index in [1.807, 2.05) is 36.4 Å². The Bertz CT molecular complexity index is 542. The van der Waals surface area contributed by atoms with E-state index >= 15 is 0 Å². The Morgan fingerprint density at radius 3 is 2.39 bits per heavy atom. The zero-order valence-electron chi connectivity index (χ0n) is 9.86. The van der Waals surface area contributed by atoms with Crippen molar-refractivity contribution in [2.24, 2.45) is 5.73 Å². The number of methoxy groups -OCH3 is 1. The molecule has 0 spiro atoms. The quantitative estimate of drug-likeness (QED) is 0.919. The molecule has 0 aliphatic heterocycles. The molecule has 2 N–H and O–H groups in total. The van der Waals surface area contributed by atoms with Gasteiger partial charge in [0.2, 0.25) is 0 Å². The second-order valence-corrected chi connectivity index (χ2v) is 5.24. The van der Waals surface area contributed by atoms with Crippen LogP contribution in [0.5, 0.6) is 5.75 Å². The van der Waals surface area contributed by atoms with Crippen LogP contribution >= 0.6 is 27.5 Å². The number of benzene rings is 2. The summed E-state index contributed by atoms with van der Waals surface area (Å²) in [5, 5.41) is 0.616. The fourth-order valence-corrected chi connectivity index (χ4v) is 2.29. The van der Waals surface area contributed by atoms with E-state index in [-0.39, 0.29) is 6.04 Å². The molecule has 0 saturated heterocycles. The first-order valence-corrected chi connectivity index (χ1v) is 6.63. The largest absolute Gasteiger partial charge is 0.497 e. The second-order valence-electron chi connectivity index (χ2n) is 3.92. The van der Waals surface area contributed by atoms with E-state index in [0.717, 1.165) is 21.3 Å². The Balaban J connectivity index is 2.33. The summed E-state index contributed by atoms with van der Waals surface area (Å²) in [7, 11) is 1.61. The number of hydrogen-bond donors (Lipinski definition) is 1. The van der Waals surface area contributed by atoms with Crippen molar-refractivity contribution in [2.75, 3.05) is 7.11 Å². The van der Waals surface area contributed by atoms with Crippen LogP contribution in [0.1, 0.15) is 17.2 Å². The maximum Gasteiger partial charge on any atom is 0.120 e. The molecule has 0 radical (unpaired) electrons. The van der Waals surface area contributed by atoms with Crippen LogP contribution in [-0.4, -0.2) is 7.11 Å². The molecular formula is C14H13BrClNO. The summed E-state index contributed by atoms with van der Waals surface area (Å²) in [5.74, 6) is 0.728. The Kier molecular flexibility index (Phi) is 4.27. The molecule has 1 unspecified atom stereocenters. The van der Waals surface area contributed by atoms with Crippen molar-refractivity contribution < 1.29 is 4.74 Å². The smallest absolute Gasteiger partial charge is 0.120 e. The fraction of sp³-hybridized carbons (Fsp3) is 0.143. The van der Waals surface area contributed by atoms with Crippen molar-refractivity contribution in [3.8, 4) is 5.75 Å². The van der Waals surface area contributed by atoms with Gasteiger partial charge in [0.1, 0.15) is 5.75 Å². The van der Waals surface area contributed by atoms with Gasteiger partial charge in [-0.3, -0.25) is 0 Å². The van der Waals surface area contributed by atoms with Gasteiger partial charge in [0.15, 0.2) is 0 Å². The summed E-state index contributed by atoms with van der Waals surface area (Å²) in [6.45, 7) is 0. The Labute approximate surface area is 120 Å². The minimum absolute atomic E-state index is 0.239. The first kappa shape index (κ1) is 13.4. The highest BCUT2D eigenvalue weighted by atomic mass is 79.9. The second kappa shape index (κ2) is 5.74. The van der Waals surface area contributed by atoms with Gasteiger partial charge in [-0.25, -0.2) is 0 Å². The maximum atomic E-state index is 6.22. The summed E-state index contributed by atoms with van der Waals surface area (Å²) in [5.41, 5.74) is 8.13. The van der Waals surface area contributed by atoms with Crippen molar-refractivity contribution in [3.05, 3.63) is 63.1 Å². The summed E-state index contributed by atoms with van der Waals surface area (Å²) in [6.07, 6.45) is 0. The van der Waals surface area contributed by atoms with E-state index < -0.39 is 0 Å². The van der Waals surface area contributed by atoms with Gasteiger partial charge in [-0.05, 0) is 35.4 Å². The standard InChI is InChI=1S/C14H13BrClNO/c1-18-11-6-7-12(13(16)8-11)14(17)9-2-4-10(15)5-3-9/h2-8,14H,17H2,1H3. The molecule has 0 heterocycles. The van der Waals surface area contributed by atoms with E-state index in [0.29, 0.717) is 5.02 Å². The zero-order chi connectivity index (χ0) is 13.1. The van der Waals surface area contributed by atoms with Gasteiger partial charge in [0.05, 0.1) is 13.2 Å². The minimum atomic E-state index is -0.239. The van der Waals surface area contributed by atoms with E-state index in [4.69, 9.17) is 22.1 Å². The van der Waals surface area contributed by atoms with E-state index in [9.17, 15) is 0 Å². The van der Waals surface area contributed by atoms with Crippen LogP contribution in [0.25, 0.3) is 0 Å². The third-order valence-electron chi connectivity index (χ3n) is 2.77. The van der Waals surface area contributed by atoms with Gasteiger partial charge >= 0.3 is 0 Å². The molecule has 1 atom stereocenters. The van der Waals surface area contributed by atoms with Crippen molar-refractivity contribution >= 4 is 27.5 Å². The molecule has 0 amide bonds. The average Bonchev–Trinajstić information content (AvgIpc) is 2.38. The van der Waals surface area contributed by atoms with Gasteiger partial charge in [-0.2, -0.15) is 0 Å². The molecular weight excluding hydrogens is 314 g/mol. The number of ether oxygens (including phenoxy) is 1. The molecule has 0 aliphatic rings. The highest BCUT2D eigenvalue weighted by Gasteiger charge is 2.13. The molecule has 94 valence electrons. The Morgan fingerprint density at radius 1 is 1.17 bits per heavy atom. The number of nitrogens with two attached hydrogens (primary N) is 1.